The van der Waals surface area contributed by atoms with Crippen molar-refractivity contribution in [2.24, 2.45) is 0 Å². The number of carbonyl (C=O) groups excluding carboxylic acids is 1. The van der Waals surface area contributed by atoms with E-state index in [2.05, 4.69) is 4.74 Å². The summed E-state index contributed by atoms with van der Waals surface area (Å²) in [7, 11) is 0. The van der Waals surface area contributed by atoms with Gasteiger partial charge in [0.25, 0.3) is 6.47 Å². The summed E-state index contributed by atoms with van der Waals surface area (Å²) in [5, 5.41) is 15.2. The third kappa shape index (κ3) is 50.5. The zero-order valence-corrected chi connectivity index (χ0v) is 10.6. The molecule has 0 amide bonds. The number of ether oxygens (including phenoxy) is 2. The summed E-state index contributed by atoms with van der Waals surface area (Å²) in [4.78, 5) is 9.46. The molecule has 0 aromatic heterocycles. The number of rotatable bonds is 7. The zero-order valence-electron chi connectivity index (χ0n) is 10.6. The quantitative estimate of drug-likeness (QED) is 0.510. The van der Waals surface area contributed by atoms with Crippen LogP contribution >= 0.6 is 0 Å². The third-order valence-electron chi connectivity index (χ3n) is 1.19. The Morgan fingerprint density at radius 3 is 1.75 bits per heavy atom. The lowest BCUT2D eigenvalue weighted by atomic mass is 10.4. The average molecular weight is 238 g/mol. The van der Waals surface area contributed by atoms with Crippen molar-refractivity contribution >= 4 is 6.47 Å². The lowest BCUT2D eigenvalue weighted by Crippen LogP contribution is -1.88. The summed E-state index contributed by atoms with van der Waals surface area (Å²) in [6.45, 7) is 8.52. The molecule has 2 N–H and O–H groups in total. The van der Waals surface area contributed by atoms with Gasteiger partial charge >= 0.3 is 0 Å². The number of unbranched alkanes of at least 4 members (excludes halogenated alkanes) is 1. The molecule has 0 fully saturated rings. The molecule has 0 aliphatic rings. The summed E-state index contributed by atoms with van der Waals surface area (Å²) in [5.41, 5.74) is 0. The zero-order chi connectivity index (χ0) is 13.1. The van der Waals surface area contributed by atoms with Crippen LogP contribution in [0.1, 0.15) is 33.6 Å². The molecule has 0 unspecified atom stereocenters. The number of carbonyl (C=O) groups is 1. The molecule has 5 nitrogen and oxygen atoms in total. The summed E-state index contributed by atoms with van der Waals surface area (Å²) in [6.07, 6.45) is 2.05. The lowest BCUT2D eigenvalue weighted by Gasteiger charge is -1.90. The number of aliphatic hydroxyl groups is 2. The number of aliphatic hydroxyl groups excluding tert-OH is 2. The van der Waals surface area contributed by atoms with Crippen molar-refractivity contribution < 1.29 is 24.5 Å². The van der Waals surface area contributed by atoms with Crippen LogP contribution in [-0.4, -0.2) is 49.7 Å². The fourth-order valence-corrected chi connectivity index (χ4v) is 0.480. The first-order valence-electron chi connectivity index (χ1n) is 5.59. The molecular formula is C11H26O5. The maximum Gasteiger partial charge on any atom is 0.293 e. The molecule has 0 saturated heterocycles. The molecule has 100 valence electrons. The molecule has 0 aliphatic heterocycles. The largest absolute Gasteiger partial charge is 0.468 e. The Bertz CT molecular complexity index is 94.4. The molecule has 0 heterocycles. The maximum absolute atomic E-state index is 9.46. The summed E-state index contributed by atoms with van der Waals surface area (Å²) >= 11 is 0. The standard InChI is InChI=1S/C5H10O2.C4H10O.C2H6O2/c1-2-3-4-7-5-6;1-3-5-4-2;3-1-2-4/h5H,2-4H2,1H3;3-4H2,1-2H3;3-4H,1-2H2. The van der Waals surface area contributed by atoms with Crippen LogP contribution in [0.15, 0.2) is 0 Å². The Morgan fingerprint density at radius 2 is 1.56 bits per heavy atom. The molecule has 0 rings (SSSR count). The first-order chi connectivity index (χ1) is 7.74. The second-order valence-corrected chi connectivity index (χ2v) is 2.55. The maximum atomic E-state index is 9.46. The van der Waals surface area contributed by atoms with Crippen molar-refractivity contribution in [3.63, 3.8) is 0 Å². The molecule has 16 heavy (non-hydrogen) atoms. The van der Waals surface area contributed by atoms with Crippen molar-refractivity contribution in [3.05, 3.63) is 0 Å². The van der Waals surface area contributed by atoms with E-state index in [9.17, 15) is 4.79 Å². The minimum absolute atomic E-state index is 0.125. The van der Waals surface area contributed by atoms with E-state index in [1.807, 2.05) is 20.8 Å². The monoisotopic (exact) mass is 238 g/mol. The van der Waals surface area contributed by atoms with Crippen LogP contribution in [0.25, 0.3) is 0 Å². The highest BCUT2D eigenvalue weighted by Gasteiger charge is 1.78. The Morgan fingerprint density at radius 1 is 1.06 bits per heavy atom. The minimum Gasteiger partial charge on any atom is -0.468 e. The minimum atomic E-state index is -0.125. The fourth-order valence-electron chi connectivity index (χ4n) is 0.480. The summed E-state index contributed by atoms with van der Waals surface area (Å²) in [5.74, 6) is 0. The van der Waals surface area contributed by atoms with Crippen molar-refractivity contribution in [2.75, 3.05) is 33.0 Å². The van der Waals surface area contributed by atoms with Gasteiger partial charge in [-0.05, 0) is 20.3 Å². The second-order valence-electron chi connectivity index (χ2n) is 2.55. The molecule has 5 heteroatoms. The van der Waals surface area contributed by atoms with Gasteiger partial charge in [-0.2, -0.15) is 0 Å². The first-order valence-corrected chi connectivity index (χ1v) is 5.59. The topological polar surface area (TPSA) is 76.0 Å². The number of hydrogen-bond donors (Lipinski definition) is 2. The Hall–Kier alpha value is -0.650. The highest BCUT2D eigenvalue weighted by molar-refractivity contribution is 5.36. The van der Waals surface area contributed by atoms with Crippen molar-refractivity contribution in [3.8, 4) is 0 Å². The van der Waals surface area contributed by atoms with Gasteiger partial charge in [0.1, 0.15) is 0 Å². The van der Waals surface area contributed by atoms with Gasteiger partial charge in [-0.15, -0.1) is 0 Å². The second kappa shape index (κ2) is 29.3. The van der Waals surface area contributed by atoms with Gasteiger partial charge in [-0.3, -0.25) is 4.79 Å². The van der Waals surface area contributed by atoms with Gasteiger partial charge in [-0.1, -0.05) is 13.3 Å². The van der Waals surface area contributed by atoms with Crippen LogP contribution in [-0.2, 0) is 14.3 Å². The predicted octanol–water partition coefficient (Wildman–Crippen LogP) is 0.973. The molecule has 0 aromatic carbocycles. The van der Waals surface area contributed by atoms with E-state index in [0.29, 0.717) is 13.1 Å². The molecule has 0 radical (unpaired) electrons. The van der Waals surface area contributed by atoms with Gasteiger partial charge in [0.05, 0.1) is 19.8 Å². The number of hydrogen-bond acceptors (Lipinski definition) is 5. The molecular weight excluding hydrogens is 212 g/mol. The van der Waals surface area contributed by atoms with Gasteiger partial charge in [-0.25, -0.2) is 0 Å². The van der Waals surface area contributed by atoms with Crippen LogP contribution < -0.4 is 0 Å². The molecule has 0 aromatic rings. The third-order valence-corrected chi connectivity index (χ3v) is 1.19. The van der Waals surface area contributed by atoms with Crippen molar-refractivity contribution in [1.82, 2.24) is 0 Å². The highest BCUT2D eigenvalue weighted by Crippen LogP contribution is 1.83. The Balaban J connectivity index is -0.000000166. The Labute approximate surface area is 98.4 Å². The highest BCUT2D eigenvalue weighted by atomic mass is 16.5. The SMILES string of the molecule is CCCCOC=O.CCOCC.OCCO. The molecule has 0 saturated carbocycles. The van der Waals surface area contributed by atoms with E-state index in [4.69, 9.17) is 14.9 Å². The molecule has 0 bridgehead atoms. The summed E-state index contributed by atoms with van der Waals surface area (Å²) < 4.78 is 9.23. The molecule has 0 atom stereocenters. The Kier molecular flexibility index (Phi) is 37.9. The molecule has 0 aliphatic carbocycles. The summed E-state index contributed by atoms with van der Waals surface area (Å²) in [6, 6.07) is 0. The van der Waals surface area contributed by atoms with Gasteiger partial charge in [0.2, 0.25) is 0 Å². The normalized spacial score (nSPS) is 8.06. The van der Waals surface area contributed by atoms with E-state index in [1.54, 1.807) is 0 Å². The van der Waals surface area contributed by atoms with Crippen LogP contribution in [0.2, 0.25) is 0 Å². The van der Waals surface area contributed by atoms with E-state index in [-0.39, 0.29) is 13.2 Å². The molecule has 0 spiro atoms. The van der Waals surface area contributed by atoms with Crippen LogP contribution in [0.3, 0.4) is 0 Å². The predicted molar refractivity (Wildman–Crippen MR) is 63.3 cm³/mol. The van der Waals surface area contributed by atoms with Gasteiger partial charge in [0, 0.05) is 13.2 Å². The smallest absolute Gasteiger partial charge is 0.293 e. The average Bonchev–Trinajstić information content (AvgIpc) is 2.32. The van der Waals surface area contributed by atoms with Crippen LogP contribution in [0.4, 0.5) is 0 Å². The van der Waals surface area contributed by atoms with Crippen molar-refractivity contribution in [1.29, 1.82) is 0 Å². The van der Waals surface area contributed by atoms with Gasteiger partial charge < -0.3 is 19.7 Å². The van der Waals surface area contributed by atoms with Gasteiger partial charge in [0.15, 0.2) is 0 Å². The van der Waals surface area contributed by atoms with Crippen LogP contribution in [0.5, 0.6) is 0 Å². The van der Waals surface area contributed by atoms with E-state index in [0.717, 1.165) is 26.1 Å². The van der Waals surface area contributed by atoms with E-state index >= 15 is 0 Å². The van der Waals surface area contributed by atoms with Crippen LogP contribution in [0, 0.1) is 0 Å². The van der Waals surface area contributed by atoms with E-state index in [1.165, 1.54) is 0 Å². The first kappa shape index (κ1) is 20.7. The fraction of sp³-hybridized carbons (Fsp3) is 0.909. The lowest BCUT2D eigenvalue weighted by molar-refractivity contribution is -0.128. The van der Waals surface area contributed by atoms with E-state index < -0.39 is 0 Å². The van der Waals surface area contributed by atoms with Crippen molar-refractivity contribution in [2.45, 2.75) is 33.6 Å².